The smallest absolute Gasteiger partial charge is 0.267 e. The monoisotopic (exact) mass is 434 g/mol. The number of thiophene rings is 1. The van der Waals surface area contributed by atoms with E-state index in [9.17, 15) is 9.59 Å². The molecule has 0 fully saturated rings. The van der Waals surface area contributed by atoms with Crippen LogP contribution in [-0.4, -0.2) is 25.0 Å². The lowest BCUT2D eigenvalue weighted by atomic mass is 10.1. The maximum absolute atomic E-state index is 12.8. The van der Waals surface area contributed by atoms with Gasteiger partial charge in [-0.2, -0.15) is 0 Å². The largest absolute Gasteiger partial charge is 0.492 e. The Balaban J connectivity index is 1.61. The lowest BCUT2D eigenvalue weighted by Gasteiger charge is -2.12. The lowest BCUT2D eigenvalue weighted by Crippen LogP contribution is -2.36. The summed E-state index contributed by atoms with van der Waals surface area (Å²) in [4.78, 5) is 26.3. The van der Waals surface area contributed by atoms with Crippen molar-refractivity contribution in [2.45, 2.75) is 20.8 Å². The van der Waals surface area contributed by atoms with Gasteiger partial charge in [0, 0.05) is 10.4 Å². The third kappa shape index (κ3) is 6.55. The van der Waals surface area contributed by atoms with Crippen LogP contribution in [0.2, 0.25) is 0 Å². The van der Waals surface area contributed by atoms with Gasteiger partial charge in [0.25, 0.3) is 11.8 Å². The van der Waals surface area contributed by atoms with E-state index in [-0.39, 0.29) is 17.5 Å². The van der Waals surface area contributed by atoms with Crippen LogP contribution in [-0.2, 0) is 4.79 Å². The van der Waals surface area contributed by atoms with Gasteiger partial charge < -0.3 is 15.4 Å². The Labute approximate surface area is 186 Å². The summed E-state index contributed by atoms with van der Waals surface area (Å²) < 4.78 is 5.72. The third-order valence-electron chi connectivity index (χ3n) is 4.77. The van der Waals surface area contributed by atoms with Crippen LogP contribution in [0.4, 0.5) is 0 Å². The Morgan fingerprint density at radius 3 is 2.45 bits per heavy atom. The zero-order chi connectivity index (χ0) is 22.2. The number of hydrogen-bond donors (Lipinski definition) is 2. The summed E-state index contributed by atoms with van der Waals surface area (Å²) in [6.45, 7) is 6.67. The molecular formula is C25H26N2O3S. The van der Waals surface area contributed by atoms with Crippen molar-refractivity contribution >= 4 is 29.2 Å². The maximum Gasteiger partial charge on any atom is 0.267 e. The summed E-state index contributed by atoms with van der Waals surface area (Å²) in [6.07, 6.45) is 1.68. The van der Waals surface area contributed by atoms with Gasteiger partial charge in [0.15, 0.2) is 0 Å². The van der Waals surface area contributed by atoms with E-state index >= 15 is 0 Å². The minimum absolute atomic E-state index is 0.194. The van der Waals surface area contributed by atoms with Crippen LogP contribution < -0.4 is 15.4 Å². The quantitative estimate of drug-likeness (QED) is 0.401. The molecule has 1 heterocycles. The highest BCUT2D eigenvalue weighted by atomic mass is 32.1. The fourth-order valence-corrected chi connectivity index (χ4v) is 3.46. The van der Waals surface area contributed by atoms with E-state index in [4.69, 9.17) is 4.74 Å². The number of ether oxygens (including phenoxy) is 1. The van der Waals surface area contributed by atoms with Gasteiger partial charge in [0.2, 0.25) is 0 Å². The Morgan fingerprint density at radius 1 is 1.00 bits per heavy atom. The van der Waals surface area contributed by atoms with Crippen molar-refractivity contribution in [1.29, 1.82) is 0 Å². The molecule has 3 aromatic rings. The predicted octanol–water partition coefficient (Wildman–Crippen LogP) is 4.64. The summed E-state index contributed by atoms with van der Waals surface area (Å²) >= 11 is 1.49. The highest BCUT2D eigenvalue weighted by molar-refractivity contribution is 7.10. The lowest BCUT2D eigenvalue weighted by molar-refractivity contribution is -0.117. The second-order valence-corrected chi connectivity index (χ2v) is 8.22. The average molecular weight is 435 g/mol. The van der Waals surface area contributed by atoms with Crippen LogP contribution in [0.25, 0.3) is 6.08 Å². The molecule has 1 aromatic heterocycles. The fraction of sp³-hybridized carbons (Fsp3) is 0.200. The van der Waals surface area contributed by atoms with Crippen LogP contribution in [0.3, 0.4) is 0 Å². The zero-order valence-electron chi connectivity index (χ0n) is 17.9. The molecule has 0 spiro atoms. The van der Waals surface area contributed by atoms with Gasteiger partial charge in [0.1, 0.15) is 18.1 Å². The van der Waals surface area contributed by atoms with Crippen molar-refractivity contribution in [2.75, 3.05) is 13.2 Å². The Morgan fingerprint density at radius 2 is 1.77 bits per heavy atom. The molecule has 160 valence electrons. The van der Waals surface area contributed by atoms with E-state index in [1.807, 2.05) is 68.6 Å². The molecule has 2 amide bonds. The molecule has 0 atom stereocenters. The number of nitrogens with one attached hydrogen (secondary N) is 2. The first-order valence-electron chi connectivity index (χ1n) is 10.0. The molecule has 0 saturated carbocycles. The second kappa shape index (κ2) is 10.6. The van der Waals surface area contributed by atoms with E-state index < -0.39 is 0 Å². The number of aryl methyl sites for hydroxylation is 3. The molecule has 2 N–H and O–H groups in total. The van der Waals surface area contributed by atoms with Gasteiger partial charge in [-0.25, -0.2) is 0 Å². The van der Waals surface area contributed by atoms with Crippen molar-refractivity contribution in [3.05, 3.63) is 92.8 Å². The number of hydrogen-bond acceptors (Lipinski definition) is 4. The maximum atomic E-state index is 12.8. The SMILES string of the molecule is Cc1ccc(C(=O)N/C(=C\c2cccs2)C(=O)NCCOc2ccc(C)c(C)c2)cc1. The predicted molar refractivity (Wildman–Crippen MR) is 125 cm³/mol. The number of amides is 2. The first-order chi connectivity index (χ1) is 14.9. The van der Waals surface area contributed by atoms with Crippen molar-refractivity contribution in [3.8, 4) is 5.75 Å². The van der Waals surface area contributed by atoms with Crippen LogP contribution in [0.15, 0.2) is 65.7 Å². The number of benzene rings is 2. The topological polar surface area (TPSA) is 67.4 Å². The average Bonchev–Trinajstić information content (AvgIpc) is 3.26. The minimum atomic E-state index is -0.363. The molecule has 0 unspecified atom stereocenters. The molecule has 6 heteroatoms. The molecule has 0 radical (unpaired) electrons. The Kier molecular flexibility index (Phi) is 7.62. The second-order valence-electron chi connectivity index (χ2n) is 7.24. The van der Waals surface area contributed by atoms with Crippen LogP contribution in [0.1, 0.15) is 31.9 Å². The van der Waals surface area contributed by atoms with Gasteiger partial charge >= 0.3 is 0 Å². The van der Waals surface area contributed by atoms with E-state index in [2.05, 4.69) is 10.6 Å². The van der Waals surface area contributed by atoms with Crippen LogP contribution in [0.5, 0.6) is 5.75 Å². The van der Waals surface area contributed by atoms with Gasteiger partial charge in [0.05, 0.1) is 6.54 Å². The fourth-order valence-electron chi connectivity index (χ4n) is 2.81. The molecule has 0 aliphatic rings. The first-order valence-corrected chi connectivity index (χ1v) is 10.9. The van der Waals surface area contributed by atoms with Gasteiger partial charge in [-0.05, 0) is 73.7 Å². The molecule has 3 rings (SSSR count). The molecule has 31 heavy (non-hydrogen) atoms. The third-order valence-corrected chi connectivity index (χ3v) is 5.59. The van der Waals surface area contributed by atoms with Gasteiger partial charge in [-0.1, -0.05) is 29.8 Å². The summed E-state index contributed by atoms with van der Waals surface area (Å²) in [5.74, 6) is 0.0706. The van der Waals surface area contributed by atoms with Crippen molar-refractivity contribution < 1.29 is 14.3 Å². The standard InChI is InChI=1S/C25H26N2O3S/c1-17-6-9-20(10-7-17)24(28)27-23(16-22-5-4-14-31-22)25(29)26-12-13-30-21-11-8-18(2)19(3)15-21/h4-11,14-16H,12-13H2,1-3H3,(H,26,29)(H,27,28)/b23-16-. The highest BCUT2D eigenvalue weighted by Crippen LogP contribution is 2.16. The molecule has 5 nitrogen and oxygen atoms in total. The zero-order valence-corrected chi connectivity index (χ0v) is 18.7. The molecule has 2 aromatic carbocycles. The molecule has 0 aliphatic carbocycles. The van der Waals surface area contributed by atoms with E-state index in [1.165, 1.54) is 16.9 Å². The highest BCUT2D eigenvalue weighted by Gasteiger charge is 2.15. The summed E-state index contributed by atoms with van der Waals surface area (Å²) in [6, 6.07) is 16.9. The van der Waals surface area contributed by atoms with Crippen molar-refractivity contribution in [1.82, 2.24) is 10.6 Å². The molecular weight excluding hydrogens is 408 g/mol. The summed E-state index contributed by atoms with van der Waals surface area (Å²) in [5.41, 5.74) is 4.11. The number of carbonyl (C=O) groups excluding carboxylic acids is 2. The van der Waals surface area contributed by atoms with Crippen molar-refractivity contribution in [3.63, 3.8) is 0 Å². The molecule has 0 bridgehead atoms. The Hall–Kier alpha value is -3.38. The van der Waals surface area contributed by atoms with Gasteiger partial charge in [-0.3, -0.25) is 9.59 Å². The number of carbonyl (C=O) groups is 2. The van der Waals surface area contributed by atoms with E-state index in [0.29, 0.717) is 18.7 Å². The first kappa shape index (κ1) is 22.3. The van der Waals surface area contributed by atoms with Crippen LogP contribution >= 0.6 is 11.3 Å². The van der Waals surface area contributed by atoms with Gasteiger partial charge in [-0.15, -0.1) is 11.3 Å². The van der Waals surface area contributed by atoms with E-state index in [1.54, 1.807) is 18.2 Å². The summed E-state index contributed by atoms with van der Waals surface area (Å²) in [7, 11) is 0. The van der Waals surface area contributed by atoms with Crippen LogP contribution in [0, 0.1) is 20.8 Å². The summed E-state index contributed by atoms with van der Waals surface area (Å²) in [5, 5.41) is 7.47. The Bertz CT molecular complexity index is 1070. The molecule has 0 aliphatic heterocycles. The number of rotatable bonds is 8. The van der Waals surface area contributed by atoms with Crippen molar-refractivity contribution in [2.24, 2.45) is 0 Å². The minimum Gasteiger partial charge on any atom is -0.492 e. The molecule has 0 saturated heterocycles. The normalized spacial score (nSPS) is 11.1. The van der Waals surface area contributed by atoms with E-state index in [0.717, 1.165) is 21.8 Å².